The molecule has 16 heavy (non-hydrogen) atoms. The average molecular weight is 238 g/mol. The third-order valence-corrected chi connectivity index (χ3v) is 3.90. The van der Waals surface area contributed by atoms with Crippen molar-refractivity contribution < 1.29 is 0 Å². The molecular formula is C11H18N4S. The van der Waals surface area contributed by atoms with Crippen LogP contribution in [0.15, 0.2) is 4.99 Å². The van der Waals surface area contributed by atoms with Gasteiger partial charge in [-0.1, -0.05) is 11.8 Å². The van der Waals surface area contributed by atoms with Gasteiger partial charge in [0.2, 0.25) is 6.19 Å². The quantitative estimate of drug-likeness (QED) is 0.412. The zero-order chi connectivity index (χ0) is 11.4. The van der Waals surface area contributed by atoms with Gasteiger partial charge in [-0.3, -0.25) is 4.90 Å². The summed E-state index contributed by atoms with van der Waals surface area (Å²) in [6, 6.07) is 0. The maximum atomic E-state index is 8.59. The number of amidine groups is 1. The highest BCUT2D eigenvalue weighted by molar-refractivity contribution is 8.13. The molecular weight excluding hydrogens is 220 g/mol. The van der Waals surface area contributed by atoms with E-state index >= 15 is 0 Å². The lowest BCUT2D eigenvalue weighted by Crippen LogP contribution is -2.48. The topological polar surface area (TPSA) is 42.6 Å². The van der Waals surface area contributed by atoms with Crippen molar-refractivity contribution in [2.45, 2.75) is 12.8 Å². The third-order valence-electron chi connectivity index (χ3n) is 3.18. The molecule has 0 spiro atoms. The van der Waals surface area contributed by atoms with Gasteiger partial charge in [0.05, 0.1) is 0 Å². The lowest BCUT2D eigenvalue weighted by Gasteiger charge is -2.35. The number of piperazine rings is 1. The second-order valence-corrected chi connectivity index (χ2v) is 5.20. The smallest absolute Gasteiger partial charge is 0.208 e. The largest absolute Gasteiger partial charge is 0.348 e. The SMILES string of the molecule is CSC(=NC#N)N1CCN(CC2CC2)CC1. The fourth-order valence-corrected chi connectivity index (χ4v) is 2.65. The van der Waals surface area contributed by atoms with Crippen LogP contribution in [0.5, 0.6) is 0 Å². The maximum Gasteiger partial charge on any atom is 0.208 e. The number of hydrogen-bond acceptors (Lipinski definition) is 4. The number of thioether (sulfide) groups is 1. The van der Waals surface area contributed by atoms with Crippen LogP contribution in [-0.4, -0.2) is 53.9 Å². The minimum Gasteiger partial charge on any atom is -0.348 e. The molecule has 4 nitrogen and oxygen atoms in total. The van der Waals surface area contributed by atoms with Gasteiger partial charge in [0.25, 0.3) is 0 Å². The standard InChI is InChI=1S/C11H18N4S/c1-16-11(13-9-12)15-6-4-14(5-7-15)8-10-2-3-10/h10H,2-8H2,1H3. The zero-order valence-electron chi connectivity index (χ0n) is 9.72. The van der Waals surface area contributed by atoms with Gasteiger partial charge in [0.1, 0.15) is 0 Å². The highest BCUT2D eigenvalue weighted by atomic mass is 32.2. The van der Waals surface area contributed by atoms with Gasteiger partial charge in [-0.05, 0) is 25.0 Å². The highest BCUT2D eigenvalue weighted by Crippen LogP contribution is 2.30. The molecule has 1 saturated carbocycles. The molecule has 2 rings (SSSR count). The Morgan fingerprint density at radius 2 is 2.06 bits per heavy atom. The van der Waals surface area contributed by atoms with Crippen molar-refractivity contribution in [3.05, 3.63) is 0 Å². The van der Waals surface area contributed by atoms with E-state index in [1.165, 1.54) is 19.4 Å². The predicted molar refractivity (Wildman–Crippen MR) is 67.3 cm³/mol. The van der Waals surface area contributed by atoms with E-state index in [0.717, 1.165) is 37.3 Å². The van der Waals surface area contributed by atoms with Crippen molar-refractivity contribution in [2.75, 3.05) is 39.0 Å². The second-order valence-electron chi connectivity index (χ2n) is 4.43. The Bertz CT molecular complexity index is 298. The molecule has 1 heterocycles. The molecule has 1 aliphatic carbocycles. The monoisotopic (exact) mass is 238 g/mol. The van der Waals surface area contributed by atoms with E-state index in [0.29, 0.717) is 0 Å². The Morgan fingerprint density at radius 3 is 2.56 bits per heavy atom. The van der Waals surface area contributed by atoms with E-state index < -0.39 is 0 Å². The first-order valence-corrected chi connectivity index (χ1v) is 7.04. The predicted octanol–water partition coefficient (Wildman–Crippen LogP) is 1.21. The molecule has 0 aromatic carbocycles. The number of hydrogen-bond donors (Lipinski definition) is 0. The minimum atomic E-state index is 0.869. The Hall–Kier alpha value is -0.730. The normalized spacial score (nSPS) is 23.2. The van der Waals surface area contributed by atoms with Gasteiger partial charge in [-0.25, -0.2) is 0 Å². The van der Waals surface area contributed by atoms with E-state index in [9.17, 15) is 0 Å². The first kappa shape index (κ1) is 11.7. The van der Waals surface area contributed by atoms with Crippen LogP contribution in [0.2, 0.25) is 0 Å². The van der Waals surface area contributed by atoms with Gasteiger partial charge in [-0.15, -0.1) is 4.99 Å². The summed E-state index contributed by atoms with van der Waals surface area (Å²) in [6.45, 7) is 5.52. The summed E-state index contributed by atoms with van der Waals surface area (Å²) in [5.74, 6) is 0.972. The maximum absolute atomic E-state index is 8.59. The van der Waals surface area contributed by atoms with E-state index in [2.05, 4.69) is 14.8 Å². The van der Waals surface area contributed by atoms with Crippen molar-refractivity contribution in [3.63, 3.8) is 0 Å². The summed E-state index contributed by atoms with van der Waals surface area (Å²) in [4.78, 5) is 8.62. The molecule has 88 valence electrons. The number of nitriles is 1. The lowest BCUT2D eigenvalue weighted by molar-refractivity contribution is 0.178. The fourth-order valence-electron chi connectivity index (χ4n) is 2.08. The Morgan fingerprint density at radius 1 is 1.38 bits per heavy atom. The Labute approximate surface area is 101 Å². The fraction of sp³-hybridized carbons (Fsp3) is 0.818. The van der Waals surface area contributed by atoms with E-state index in [-0.39, 0.29) is 0 Å². The van der Waals surface area contributed by atoms with Crippen molar-refractivity contribution in [1.29, 1.82) is 5.26 Å². The minimum absolute atomic E-state index is 0.869. The van der Waals surface area contributed by atoms with Crippen LogP contribution in [0.1, 0.15) is 12.8 Å². The van der Waals surface area contributed by atoms with Gasteiger partial charge in [0, 0.05) is 32.7 Å². The highest BCUT2D eigenvalue weighted by Gasteiger charge is 2.26. The first-order chi connectivity index (χ1) is 7.83. The molecule has 0 aromatic rings. The molecule has 5 heteroatoms. The molecule has 0 atom stereocenters. The van der Waals surface area contributed by atoms with E-state index in [4.69, 9.17) is 5.26 Å². The van der Waals surface area contributed by atoms with Crippen LogP contribution in [0.3, 0.4) is 0 Å². The molecule has 1 saturated heterocycles. The lowest BCUT2D eigenvalue weighted by atomic mass is 10.3. The number of nitrogens with zero attached hydrogens (tertiary/aromatic N) is 4. The average Bonchev–Trinajstić information content (AvgIpc) is 3.11. The Kier molecular flexibility index (Phi) is 4.08. The van der Waals surface area contributed by atoms with Crippen LogP contribution >= 0.6 is 11.8 Å². The van der Waals surface area contributed by atoms with E-state index in [1.807, 2.05) is 12.4 Å². The summed E-state index contributed by atoms with van der Waals surface area (Å²) < 4.78 is 0. The third kappa shape index (κ3) is 3.13. The van der Waals surface area contributed by atoms with Crippen molar-refractivity contribution in [3.8, 4) is 6.19 Å². The van der Waals surface area contributed by atoms with Crippen molar-refractivity contribution in [2.24, 2.45) is 10.9 Å². The van der Waals surface area contributed by atoms with Crippen LogP contribution in [0.25, 0.3) is 0 Å². The van der Waals surface area contributed by atoms with E-state index in [1.54, 1.807) is 11.8 Å². The first-order valence-electron chi connectivity index (χ1n) is 5.81. The van der Waals surface area contributed by atoms with Gasteiger partial charge in [0.15, 0.2) is 5.17 Å². The van der Waals surface area contributed by atoms with Gasteiger partial charge in [-0.2, -0.15) is 5.26 Å². The molecule has 0 amide bonds. The van der Waals surface area contributed by atoms with Crippen LogP contribution in [0.4, 0.5) is 0 Å². The summed E-state index contributed by atoms with van der Waals surface area (Å²) in [6.07, 6.45) is 6.71. The number of rotatable bonds is 2. The molecule has 0 unspecified atom stereocenters. The van der Waals surface area contributed by atoms with Crippen LogP contribution in [0, 0.1) is 17.4 Å². The molecule has 0 aromatic heterocycles. The molecule has 1 aliphatic heterocycles. The molecule has 2 fully saturated rings. The molecule has 0 N–H and O–H groups in total. The number of aliphatic imine (C=N–C) groups is 1. The van der Waals surface area contributed by atoms with Gasteiger partial charge >= 0.3 is 0 Å². The second kappa shape index (κ2) is 5.55. The van der Waals surface area contributed by atoms with Crippen LogP contribution < -0.4 is 0 Å². The molecule has 2 aliphatic rings. The van der Waals surface area contributed by atoms with Crippen molar-refractivity contribution >= 4 is 16.9 Å². The molecule has 0 bridgehead atoms. The summed E-state index contributed by atoms with van der Waals surface area (Å²) in [7, 11) is 0. The molecule has 0 radical (unpaired) electrons. The van der Waals surface area contributed by atoms with Gasteiger partial charge < -0.3 is 4.90 Å². The summed E-state index contributed by atoms with van der Waals surface area (Å²) in [5.41, 5.74) is 0. The van der Waals surface area contributed by atoms with Crippen molar-refractivity contribution in [1.82, 2.24) is 9.80 Å². The zero-order valence-corrected chi connectivity index (χ0v) is 10.5. The summed E-state index contributed by atoms with van der Waals surface area (Å²) in [5, 5.41) is 9.46. The van der Waals surface area contributed by atoms with Crippen LogP contribution in [-0.2, 0) is 0 Å². The summed E-state index contributed by atoms with van der Waals surface area (Å²) >= 11 is 1.56. The Balaban J connectivity index is 1.79.